The van der Waals surface area contributed by atoms with Crippen LogP contribution in [0.2, 0.25) is 4.34 Å². The highest BCUT2D eigenvalue weighted by molar-refractivity contribution is 7.91. The largest absolute Gasteiger partial charge is 0.330 e. The topological polar surface area (TPSA) is 107 Å². The zero-order valence-electron chi connectivity index (χ0n) is 11.4. The molecular formula is C11H16ClN3O4S2. The Bertz CT molecular complexity index is 646. The molecule has 1 aromatic rings. The van der Waals surface area contributed by atoms with E-state index in [9.17, 15) is 18.5 Å². The van der Waals surface area contributed by atoms with Crippen molar-refractivity contribution in [3.63, 3.8) is 0 Å². The van der Waals surface area contributed by atoms with E-state index >= 15 is 0 Å². The molecule has 0 amide bonds. The lowest BCUT2D eigenvalue weighted by Crippen LogP contribution is -2.45. The summed E-state index contributed by atoms with van der Waals surface area (Å²) in [6.45, 7) is 3.19. The number of halogens is 1. The molecule has 0 radical (unpaired) electrons. The fourth-order valence-corrected chi connectivity index (χ4v) is 5.69. The molecule has 1 aliphatic heterocycles. The van der Waals surface area contributed by atoms with Gasteiger partial charge in [-0.1, -0.05) is 18.5 Å². The first-order valence-corrected chi connectivity index (χ1v) is 9.04. The van der Waals surface area contributed by atoms with Gasteiger partial charge in [0, 0.05) is 19.2 Å². The minimum atomic E-state index is -3.76. The van der Waals surface area contributed by atoms with Crippen molar-refractivity contribution in [3.05, 3.63) is 20.5 Å². The monoisotopic (exact) mass is 353 g/mol. The Morgan fingerprint density at radius 3 is 2.81 bits per heavy atom. The molecule has 2 unspecified atom stereocenters. The van der Waals surface area contributed by atoms with E-state index in [4.69, 9.17) is 17.3 Å². The van der Waals surface area contributed by atoms with Crippen molar-refractivity contribution >= 4 is 38.6 Å². The first-order valence-electron chi connectivity index (χ1n) is 6.41. The van der Waals surface area contributed by atoms with Gasteiger partial charge in [-0.2, -0.15) is 4.31 Å². The zero-order valence-corrected chi connectivity index (χ0v) is 13.7. The predicted molar refractivity (Wildman–Crippen MR) is 81.1 cm³/mol. The molecule has 0 saturated carbocycles. The molecule has 10 heteroatoms. The van der Waals surface area contributed by atoms with Gasteiger partial charge in [0.2, 0.25) is 0 Å². The van der Waals surface area contributed by atoms with Crippen LogP contribution in [0.1, 0.15) is 13.3 Å². The molecule has 0 aromatic carbocycles. The summed E-state index contributed by atoms with van der Waals surface area (Å²) in [7, 11) is -3.76. The second-order valence-electron chi connectivity index (χ2n) is 5.11. The van der Waals surface area contributed by atoms with Crippen molar-refractivity contribution in [2.75, 3.05) is 19.6 Å². The van der Waals surface area contributed by atoms with Crippen molar-refractivity contribution in [2.45, 2.75) is 17.6 Å². The first-order chi connectivity index (χ1) is 9.77. The average Bonchev–Trinajstić information content (AvgIpc) is 2.82. The minimum absolute atomic E-state index is 0.0930. The molecule has 2 rings (SSSR count). The van der Waals surface area contributed by atoms with Gasteiger partial charge in [-0.05, 0) is 24.8 Å². The summed E-state index contributed by atoms with van der Waals surface area (Å²) in [6.07, 6.45) is 0.725. The third kappa shape index (κ3) is 3.21. The van der Waals surface area contributed by atoms with Gasteiger partial charge in [-0.15, -0.1) is 11.3 Å². The molecular weight excluding hydrogens is 338 g/mol. The van der Waals surface area contributed by atoms with E-state index in [-0.39, 0.29) is 20.2 Å². The molecule has 21 heavy (non-hydrogen) atoms. The molecule has 0 bridgehead atoms. The molecule has 118 valence electrons. The number of piperidine rings is 1. The second kappa shape index (κ2) is 6.17. The Hall–Kier alpha value is -0.740. The van der Waals surface area contributed by atoms with Crippen LogP contribution in [0, 0.1) is 22.0 Å². The number of hydrogen-bond donors (Lipinski definition) is 1. The average molecular weight is 354 g/mol. The SMILES string of the molecule is CC1CCN(S(=O)(=O)c2cc([N+](=O)[O-])c(Cl)s2)CC1CN. The quantitative estimate of drug-likeness (QED) is 0.657. The van der Waals surface area contributed by atoms with Crippen LogP contribution < -0.4 is 5.73 Å². The summed E-state index contributed by atoms with van der Waals surface area (Å²) < 4.78 is 26.2. The highest BCUT2D eigenvalue weighted by atomic mass is 35.5. The number of sulfonamides is 1. The fourth-order valence-electron chi connectivity index (χ4n) is 2.36. The van der Waals surface area contributed by atoms with E-state index in [0.29, 0.717) is 36.9 Å². The Balaban J connectivity index is 2.30. The van der Waals surface area contributed by atoms with Crippen LogP contribution in [0.3, 0.4) is 0 Å². The summed E-state index contributed by atoms with van der Waals surface area (Å²) in [5, 5.41) is 10.8. The molecule has 1 fully saturated rings. The number of hydrogen-bond acceptors (Lipinski definition) is 6. The minimum Gasteiger partial charge on any atom is -0.330 e. The van der Waals surface area contributed by atoms with Crippen molar-refractivity contribution in [1.29, 1.82) is 0 Å². The lowest BCUT2D eigenvalue weighted by Gasteiger charge is -2.35. The molecule has 2 N–H and O–H groups in total. The van der Waals surface area contributed by atoms with Crippen molar-refractivity contribution < 1.29 is 13.3 Å². The molecule has 0 spiro atoms. The van der Waals surface area contributed by atoms with E-state index in [1.807, 2.05) is 6.92 Å². The summed E-state index contributed by atoms with van der Waals surface area (Å²) in [5.41, 5.74) is 5.30. The Morgan fingerprint density at radius 2 is 2.29 bits per heavy atom. The summed E-state index contributed by atoms with van der Waals surface area (Å²) in [4.78, 5) is 10.1. The number of rotatable bonds is 4. The van der Waals surface area contributed by atoms with Gasteiger partial charge in [0.25, 0.3) is 15.7 Å². The number of nitrogens with two attached hydrogens (primary N) is 1. The number of nitro groups is 1. The third-order valence-corrected chi connectivity index (χ3v) is 7.47. The van der Waals surface area contributed by atoms with E-state index in [0.717, 1.165) is 12.5 Å². The maximum atomic E-state index is 12.6. The van der Waals surface area contributed by atoms with Crippen LogP contribution in [0.25, 0.3) is 0 Å². The van der Waals surface area contributed by atoms with Crippen LogP contribution in [-0.4, -0.2) is 37.3 Å². The standard InChI is InChI=1S/C11H16ClN3O4S2/c1-7-2-3-14(6-8(7)5-13)21(18,19)10-4-9(15(16)17)11(12)20-10/h4,7-8H,2-3,5-6,13H2,1H3. The van der Waals surface area contributed by atoms with Crippen molar-refractivity contribution in [2.24, 2.45) is 17.6 Å². The van der Waals surface area contributed by atoms with Crippen molar-refractivity contribution in [1.82, 2.24) is 4.31 Å². The molecule has 2 heterocycles. The Morgan fingerprint density at radius 1 is 1.62 bits per heavy atom. The zero-order chi connectivity index (χ0) is 15.8. The highest BCUT2D eigenvalue weighted by Gasteiger charge is 2.35. The van der Waals surface area contributed by atoms with Crippen LogP contribution in [0.15, 0.2) is 10.3 Å². The Labute approximate surface area is 131 Å². The van der Waals surface area contributed by atoms with Gasteiger partial charge in [-0.3, -0.25) is 10.1 Å². The number of nitrogens with zero attached hydrogens (tertiary/aromatic N) is 2. The molecule has 1 aromatic heterocycles. The van der Waals surface area contributed by atoms with E-state index < -0.39 is 14.9 Å². The molecule has 7 nitrogen and oxygen atoms in total. The van der Waals surface area contributed by atoms with E-state index in [1.54, 1.807) is 0 Å². The van der Waals surface area contributed by atoms with Crippen LogP contribution in [-0.2, 0) is 10.0 Å². The van der Waals surface area contributed by atoms with Gasteiger partial charge in [0.15, 0.2) is 4.34 Å². The smallest absolute Gasteiger partial charge is 0.300 e. The van der Waals surface area contributed by atoms with Crippen LogP contribution >= 0.6 is 22.9 Å². The van der Waals surface area contributed by atoms with Gasteiger partial charge < -0.3 is 5.73 Å². The fraction of sp³-hybridized carbons (Fsp3) is 0.636. The maximum Gasteiger partial charge on any atom is 0.300 e. The second-order valence-corrected chi connectivity index (χ2v) is 8.93. The molecule has 0 aliphatic carbocycles. The highest BCUT2D eigenvalue weighted by Crippen LogP contribution is 2.38. The van der Waals surface area contributed by atoms with Crippen molar-refractivity contribution in [3.8, 4) is 0 Å². The predicted octanol–water partition coefficient (Wildman–Crippen LogP) is 1.92. The van der Waals surface area contributed by atoms with Gasteiger partial charge in [-0.25, -0.2) is 8.42 Å². The van der Waals surface area contributed by atoms with E-state index in [1.165, 1.54) is 4.31 Å². The third-order valence-electron chi connectivity index (χ3n) is 3.82. The number of thiophene rings is 1. The lowest BCUT2D eigenvalue weighted by molar-refractivity contribution is -0.384. The van der Waals surface area contributed by atoms with Gasteiger partial charge in [0.05, 0.1) is 4.92 Å². The Kier molecular flexibility index (Phi) is 4.89. The van der Waals surface area contributed by atoms with Crippen LogP contribution in [0.5, 0.6) is 0 Å². The molecule has 1 aliphatic rings. The van der Waals surface area contributed by atoms with Gasteiger partial charge >= 0.3 is 0 Å². The molecule has 2 atom stereocenters. The van der Waals surface area contributed by atoms with Crippen LogP contribution in [0.4, 0.5) is 5.69 Å². The normalized spacial score (nSPS) is 24.1. The summed E-state index contributed by atoms with van der Waals surface area (Å²) in [5.74, 6) is 0.460. The van der Waals surface area contributed by atoms with E-state index in [2.05, 4.69) is 0 Å². The lowest BCUT2D eigenvalue weighted by atomic mass is 9.88. The first kappa shape index (κ1) is 16.6. The maximum absolute atomic E-state index is 12.6. The molecule has 1 saturated heterocycles. The summed E-state index contributed by atoms with van der Waals surface area (Å²) in [6, 6.07) is 1.03. The summed E-state index contributed by atoms with van der Waals surface area (Å²) >= 11 is 6.45. The van der Waals surface area contributed by atoms with Gasteiger partial charge in [0.1, 0.15) is 4.21 Å².